The van der Waals surface area contributed by atoms with E-state index in [1.54, 1.807) is 18.3 Å². The summed E-state index contributed by atoms with van der Waals surface area (Å²) < 4.78 is 7.49. The number of aromatic amines is 1. The standard InChI is InChI=1S/C13H13N5O3S/c19-18(20)10-5-3-9(4-6-10)8-14-17-12(15-16-13(17)22)11-2-1-7-21-11/h3-6,8,11H,1-2,7H2,(H,16,22)/b14-8-. The first-order valence-corrected chi connectivity index (χ1v) is 7.14. The van der Waals surface area contributed by atoms with E-state index in [-0.39, 0.29) is 11.8 Å². The fourth-order valence-corrected chi connectivity index (χ4v) is 2.40. The van der Waals surface area contributed by atoms with E-state index in [9.17, 15) is 10.1 Å². The molecule has 1 saturated heterocycles. The van der Waals surface area contributed by atoms with Gasteiger partial charge in [-0.25, -0.2) is 0 Å². The van der Waals surface area contributed by atoms with E-state index < -0.39 is 4.92 Å². The summed E-state index contributed by atoms with van der Waals surface area (Å²) in [6.07, 6.45) is 3.33. The van der Waals surface area contributed by atoms with Crippen LogP contribution >= 0.6 is 12.2 Å². The Labute approximate surface area is 130 Å². The second-order valence-corrected chi connectivity index (χ2v) is 5.18. The molecule has 0 spiro atoms. The van der Waals surface area contributed by atoms with Gasteiger partial charge in [-0.1, -0.05) is 0 Å². The van der Waals surface area contributed by atoms with Crippen molar-refractivity contribution < 1.29 is 9.66 Å². The largest absolute Gasteiger partial charge is 0.370 e. The normalized spacial score (nSPS) is 18.1. The first kappa shape index (κ1) is 14.5. The Hall–Kier alpha value is -2.39. The Morgan fingerprint density at radius 3 is 2.91 bits per heavy atom. The number of non-ortho nitro benzene ring substituents is 1. The Balaban J connectivity index is 1.84. The van der Waals surface area contributed by atoms with Gasteiger partial charge in [-0.3, -0.25) is 15.2 Å². The molecule has 1 fully saturated rings. The maximum Gasteiger partial charge on any atom is 0.269 e. The van der Waals surface area contributed by atoms with Crippen molar-refractivity contribution in [1.29, 1.82) is 0 Å². The monoisotopic (exact) mass is 319 g/mol. The molecule has 0 bridgehead atoms. The number of benzene rings is 1. The van der Waals surface area contributed by atoms with Gasteiger partial charge in [-0.2, -0.15) is 14.9 Å². The summed E-state index contributed by atoms with van der Waals surface area (Å²) in [6, 6.07) is 6.10. The Morgan fingerprint density at radius 1 is 1.50 bits per heavy atom. The van der Waals surface area contributed by atoms with E-state index in [1.165, 1.54) is 16.8 Å². The fourth-order valence-electron chi connectivity index (χ4n) is 2.21. The van der Waals surface area contributed by atoms with E-state index in [0.29, 0.717) is 17.2 Å². The quantitative estimate of drug-likeness (QED) is 0.404. The van der Waals surface area contributed by atoms with Crippen LogP contribution in [0.1, 0.15) is 30.3 Å². The van der Waals surface area contributed by atoms with Crippen LogP contribution < -0.4 is 0 Å². The number of hydrogen-bond acceptors (Lipinski definition) is 6. The van der Waals surface area contributed by atoms with E-state index in [4.69, 9.17) is 17.0 Å². The van der Waals surface area contributed by atoms with Gasteiger partial charge < -0.3 is 4.74 Å². The highest BCUT2D eigenvalue weighted by Crippen LogP contribution is 2.26. The lowest BCUT2D eigenvalue weighted by Gasteiger charge is -2.07. The van der Waals surface area contributed by atoms with Crippen molar-refractivity contribution in [2.75, 3.05) is 6.61 Å². The molecule has 0 saturated carbocycles. The highest BCUT2D eigenvalue weighted by molar-refractivity contribution is 7.71. The molecule has 0 radical (unpaired) electrons. The van der Waals surface area contributed by atoms with Crippen molar-refractivity contribution in [1.82, 2.24) is 14.9 Å². The SMILES string of the molecule is O=[N+]([O-])c1ccc(/C=N\n2c(C3CCCO3)n[nH]c2=S)cc1. The number of ether oxygens (including phenoxy) is 1. The van der Waals surface area contributed by atoms with Gasteiger partial charge in [0.1, 0.15) is 6.10 Å². The van der Waals surface area contributed by atoms with Gasteiger partial charge in [0.05, 0.1) is 11.1 Å². The maximum absolute atomic E-state index is 10.6. The lowest BCUT2D eigenvalue weighted by Crippen LogP contribution is -2.05. The average molecular weight is 319 g/mol. The first-order chi connectivity index (χ1) is 10.6. The molecule has 1 N–H and O–H groups in total. The highest BCUT2D eigenvalue weighted by atomic mass is 32.1. The summed E-state index contributed by atoms with van der Waals surface area (Å²) in [7, 11) is 0. The van der Waals surface area contributed by atoms with Crippen molar-refractivity contribution in [3.8, 4) is 0 Å². The molecule has 1 aromatic heterocycles. The second-order valence-electron chi connectivity index (χ2n) is 4.79. The van der Waals surface area contributed by atoms with Crippen LogP contribution in [-0.4, -0.2) is 32.6 Å². The summed E-state index contributed by atoms with van der Waals surface area (Å²) in [6.45, 7) is 0.705. The smallest absolute Gasteiger partial charge is 0.269 e. The van der Waals surface area contributed by atoms with Crippen molar-refractivity contribution in [3.05, 3.63) is 50.5 Å². The molecule has 1 atom stereocenters. The molecule has 1 aliphatic heterocycles. The molecule has 2 aromatic rings. The topological polar surface area (TPSA) is 98.3 Å². The summed E-state index contributed by atoms with van der Waals surface area (Å²) in [5, 5.41) is 21.8. The molecule has 1 unspecified atom stereocenters. The lowest BCUT2D eigenvalue weighted by atomic mass is 10.2. The molecule has 9 heteroatoms. The minimum Gasteiger partial charge on any atom is -0.370 e. The van der Waals surface area contributed by atoms with Crippen LogP contribution in [0, 0.1) is 14.9 Å². The highest BCUT2D eigenvalue weighted by Gasteiger charge is 2.23. The van der Waals surface area contributed by atoms with Gasteiger partial charge in [0.15, 0.2) is 5.82 Å². The van der Waals surface area contributed by atoms with Gasteiger partial charge in [0, 0.05) is 18.7 Å². The van der Waals surface area contributed by atoms with Crippen LogP contribution in [0.15, 0.2) is 29.4 Å². The van der Waals surface area contributed by atoms with Crippen molar-refractivity contribution in [2.45, 2.75) is 18.9 Å². The Morgan fingerprint density at radius 2 is 2.27 bits per heavy atom. The van der Waals surface area contributed by atoms with Gasteiger partial charge in [-0.15, -0.1) is 0 Å². The van der Waals surface area contributed by atoms with Crippen molar-refractivity contribution in [2.24, 2.45) is 5.10 Å². The van der Waals surface area contributed by atoms with Crippen LogP contribution in [0.5, 0.6) is 0 Å². The minimum absolute atomic E-state index is 0.0390. The van der Waals surface area contributed by atoms with Gasteiger partial charge in [0.25, 0.3) is 5.69 Å². The third-order valence-corrected chi connectivity index (χ3v) is 3.58. The number of nitrogens with zero attached hydrogens (tertiary/aromatic N) is 4. The summed E-state index contributed by atoms with van der Waals surface area (Å²) in [5.41, 5.74) is 0.768. The summed E-state index contributed by atoms with van der Waals surface area (Å²) in [5.74, 6) is 0.640. The molecule has 22 heavy (non-hydrogen) atoms. The van der Waals surface area contributed by atoms with Crippen molar-refractivity contribution in [3.63, 3.8) is 0 Å². The number of nitro groups is 1. The zero-order valence-corrected chi connectivity index (χ0v) is 12.3. The maximum atomic E-state index is 10.6. The molecule has 3 rings (SSSR count). The fraction of sp³-hybridized carbons (Fsp3) is 0.308. The number of H-pyrrole nitrogens is 1. The van der Waals surface area contributed by atoms with Crippen LogP contribution in [0.25, 0.3) is 0 Å². The van der Waals surface area contributed by atoms with Crippen molar-refractivity contribution >= 4 is 24.1 Å². The summed E-state index contributed by atoms with van der Waals surface area (Å²) in [4.78, 5) is 10.2. The second kappa shape index (κ2) is 6.16. The Bertz CT molecular complexity index is 759. The molecule has 1 aromatic carbocycles. The van der Waals surface area contributed by atoms with E-state index >= 15 is 0 Å². The number of nitrogens with one attached hydrogen (secondary N) is 1. The number of hydrogen-bond donors (Lipinski definition) is 1. The lowest BCUT2D eigenvalue weighted by molar-refractivity contribution is -0.384. The summed E-state index contributed by atoms with van der Waals surface area (Å²) >= 11 is 5.16. The van der Waals surface area contributed by atoms with Crippen LogP contribution in [0.3, 0.4) is 0 Å². The zero-order valence-electron chi connectivity index (χ0n) is 11.5. The third kappa shape index (κ3) is 2.95. The van der Waals surface area contributed by atoms with Crippen LogP contribution in [-0.2, 0) is 4.74 Å². The molecule has 114 valence electrons. The molecule has 2 heterocycles. The van der Waals surface area contributed by atoms with E-state index in [1.807, 2.05) is 0 Å². The van der Waals surface area contributed by atoms with Crippen LogP contribution in [0.4, 0.5) is 5.69 Å². The van der Waals surface area contributed by atoms with Crippen LogP contribution in [0.2, 0.25) is 0 Å². The van der Waals surface area contributed by atoms with Gasteiger partial charge in [0.2, 0.25) is 4.77 Å². The molecule has 0 amide bonds. The molecule has 0 aliphatic carbocycles. The molecular formula is C13H13N5O3S. The number of nitro benzene ring substituents is 1. The van der Waals surface area contributed by atoms with E-state index in [2.05, 4.69) is 15.3 Å². The average Bonchev–Trinajstić information content (AvgIpc) is 3.15. The first-order valence-electron chi connectivity index (χ1n) is 6.73. The Kier molecular flexibility index (Phi) is 4.07. The van der Waals surface area contributed by atoms with E-state index in [0.717, 1.165) is 18.4 Å². The van der Waals surface area contributed by atoms with Gasteiger partial charge >= 0.3 is 0 Å². The molecule has 1 aliphatic rings. The molecule has 8 nitrogen and oxygen atoms in total. The number of rotatable bonds is 4. The van der Waals surface area contributed by atoms with Gasteiger partial charge in [-0.05, 0) is 42.8 Å². The zero-order chi connectivity index (χ0) is 15.5. The molecular weight excluding hydrogens is 306 g/mol. The minimum atomic E-state index is -0.442. The predicted octanol–water partition coefficient (Wildman–Crippen LogP) is 2.58. The number of aromatic nitrogens is 3. The third-order valence-electron chi connectivity index (χ3n) is 3.32. The predicted molar refractivity (Wildman–Crippen MR) is 81.4 cm³/mol.